The van der Waals surface area contributed by atoms with Crippen LogP contribution in [-0.4, -0.2) is 28.0 Å². The van der Waals surface area contributed by atoms with Gasteiger partial charge in [0.1, 0.15) is 10.3 Å². The molecule has 0 atom stereocenters. The number of fused-ring (bicyclic) bond motifs is 3. The number of halogens is 2. The third-order valence-electron chi connectivity index (χ3n) is 4.70. The van der Waals surface area contributed by atoms with Crippen molar-refractivity contribution in [1.82, 2.24) is 14.5 Å². The van der Waals surface area contributed by atoms with E-state index in [1.165, 1.54) is 10.4 Å². The average molecular weight is 393 g/mol. The molecule has 3 aromatic rings. The first-order valence-electron chi connectivity index (χ1n) is 8.19. The Balaban J connectivity index is 1.66. The predicted molar refractivity (Wildman–Crippen MR) is 104 cm³/mol. The first-order chi connectivity index (χ1) is 12.0. The molecule has 7 heteroatoms. The highest BCUT2D eigenvalue weighted by Crippen LogP contribution is 2.31. The minimum absolute atomic E-state index is 0.553. The summed E-state index contributed by atoms with van der Waals surface area (Å²) in [4.78, 5) is 9.26. The number of rotatable bonds is 3. The lowest BCUT2D eigenvalue weighted by Crippen LogP contribution is -2.27. The molecule has 130 valence electrons. The second-order valence-electron chi connectivity index (χ2n) is 6.44. The molecule has 0 saturated carbocycles. The van der Waals surface area contributed by atoms with E-state index in [9.17, 15) is 0 Å². The quantitative estimate of drug-likeness (QED) is 0.728. The van der Waals surface area contributed by atoms with E-state index in [4.69, 9.17) is 28.6 Å². The van der Waals surface area contributed by atoms with E-state index in [0.29, 0.717) is 22.1 Å². The second-order valence-corrected chi connectivity index (χ2v) is 8.37. The lowest BCUT2D eigenvalue weighted by atomic mass is 10.1. The molecular formula is C18H18Cl2N4S. The molecule has 4 nitrogen and oxygen atoms in total. The zero-order valence-corrected chi connectivity index (χ0v) is 16.2. The molecule has 0 unspecified atom stereocenters. The van der Waals surface area contributed by atoms with Gasteiger partial charge in [-0.25, -0.2) is 4.98 Å². The largest absolute Gasteiger partial charge is 0.317 e. The highest BCUT2D eigenvalue weighted by molar-refractivity contribution is 7.18. The molecule has 0 spiro atoms. The fourth-order valence-corrected chi connectivity index (χ4v) is 5.08. The van der Waals surface area contributed by atoms with Crippen LogP contribution in [-0.2, 0) is 25.9 Å². The fraction of sp³-hybridized carbons (Fsp3) is 0.333. The van der Waals surface area contributed by atoms with Crippen molar-refractivity contribution in [2.45, 2.75) is 25.9 Å². The Bertz CT molecular complexity index is 1010. The van der Waals surface area contributed by atoms with Crippen molar-refractivity contribution in [2.75, 3.05) is 13.6 Å². The number of aromatic nitrogens is 2. The van der Waals surface area contributed by atoms with E-state index in [1.807, 2.05) is 16.7 Å². The number of aryl methyl sites for hydroxylation is 2. The van der Waals surface area contributed by atoms with Gasteiger partial charge >= 0.3 is 0 Å². The number of hydrogen-bond donors (Lipinski definition) is 1. The van der Waals surface area contributed by atoms with Crippen LogP contribution in [0, 0.1) is 5.41 Å². The van der Waals surface area contributed by atoms with Crippen LogP contribution in [0.5, 0.6) is 0 Å². The highest BCUT2D eigenvalue weighted by Gasteiger charge is 2.21. The van der Waals surface area contributed by atoms with Gasteiger partial charge in [0, 0.05) is 34.6 Å². The number of nitrogens with one attached hydrogen (secondary N) is 1. The van der Waals surface area contributed by atoms with Gasteiger partial charge in [-0.15, -0.1) is 11.3 Å². The van der Waals surface area contributed by atoms with E-state index in [1.54, 1.807) is 23.7 Å². The van der Waals surface area contributed by atoms with E-state index >= 15 is 0 Å². The molecule has 1 aliphatic heterocycles. The summed E-state index contributed by atoms with van der Waals surface area (Å²) in [6.45, 7) is 2.66. The maximum atomic E-state index is 8.66. The summed E-state index contributed by atoms with van der Waals surface area (Å²) in [6.07, 6.45) is 3.52. The predicted octanol–water partition coefficient (Wildman–Crippen LogP) is 4.11. The van der Waals surface area contributed by atoms with Crippen LogP contribution >= 0.6 is 34.5 Å². The number of likely N-dealkylation sites (N-methyl/N-ethyl adjacent to an activating group) is 1. The molecule has 2 aromatic heterocycles. The third-order valence-corrected chi connectivity index (χ3v) is 6.42. The Morgan fingerprint density at radius 3 is 2.96 bits per heavy atom. The van der Waals surface area contributed by atoms with Crippen molar-refractivity contribution in [3.63, 3.8) is 0 Å². The van der Waals surface area contributed by atoms with Crippen LogP contribution < -0.4 is 5.49 Å². The Morgan fingerprint density at radius 1 is 1.32 bits per heavy atom. The summed E-state index contributed by atoms with van der Waals surface area (Å²) in [6, 6.07) is 5.56. The minimum Gasteiger partial charge on any atom is -0.317 e. The van der Waals surface area contributed by atoms with Crippen LogP contribution in [0.3, 0.4) is 0 Å². The number of nitrogens with zero attached hydrogens (tertiary/aromatic N) is 3. The standard InChI is InChI=1S/C18H18Cl2N4S/c1-23-6-5-13-15(9-23)25-18-16(13)17(21)24(10-22-18)7-4-11-2-3-12(19)8-14(11)20/h2-3,8,10,21H,4-7,9H2,1H3. The molecule has 0 radical (unpaired) electrons. The molecule has 1 aromatic carbocycles. The van der Waals surface area contributed by atoms with Crippen molar-refractivity contribution in [2.24, 2.45) is 0 Å². The molecule has 0 aliphatic carbocycles. The first kappa shape index (κ1) is 17.0. The van der Waals surface area contributed by atoms with Gasteiger partial charge in [-0.05, 0) is 43.1 Å². The SMILES string of the molecule is CN1CCc2c(sc3ncn(CCc4ccc(Cl)cc4Cl)c(=N)c23)C1. The molecule has 0 fully saturated rings. The summed E-state index contributed by atoms with van der Waals surface area (Å²) < 4.78 is 1.92. The Labute approximate surface area is 160 Å². The van der Waals surface area contributed by atoms with E-state index in [-0.39, 0.29) is 0 Å². The van der Waals surface area contributed by atoms with Crippen LogP contribution in [0.1, 0.15) is 16.0 Å². The van der Waals surface area contributed by atoms with Crippen molar-refractivity contribution >= 4 is 44.8 Å². The minimum atomic E-state index is 0.553. The molecule has 1 N–H and O–H groups in total. The van der Waals surface area contributed by atoms with Gasteiger partial charge in [0.25, 0.3) is 0 Å². The van der Waals surface area contributed by atoms with E-state index in [0.717, 1.165) is 41.7 Å². The molecule has 0 saturated heterocycles. The summed E-state index contributed by atoms with van der Waals surface area (Å²) in [5, 5.41) is 11.0. The average Bonchev–Trinajstić information content (AvgIpc) is 2.93. The van der Waals surface area contributed by atoms with Crippen LogP contribution in [0.15, 0.2) is 24.5 Å². The highest BCUT2D eigenvalue weighted by atomic mass is 35.5. The number of thiophene rings is 1. The molecule has 0 bridgehead atoms. The molecule has 3 heterocycles. The summed E-state index contributed by atoms with van der Waals surface area (Å²) in [7, 11) is 2.14. The molecule has 25 heavy (non-hydrogen) atoms. The first-order valence-corrected chi connectivity index (χ1v) is 9.77. The van der Waals surface area contributed by atoms with Crippen LogP contribution in [0.25, 0.3) is 10.2 Å². The second kappa shape index (κ2) is 6.72. The van der Waals surface area contributed by atoms with Crippen LogP contribution in [0.2, 0.25) is 10.0 Å². The van der Waals surface area contributed by atoms with Gasteiger partial charge < -0.3 is 9.47 Å². The number of hydrogen-bond acceptors (Lipinski definition) is 4. The Kier molecular flexibility index (Phi) is 4.58. The summed E-state index contributed by atoms with van der Waals surface area (Å²) in [5.74, 6) is 0. The fourth-order valence-electron chi connectivity index (χ4n) is 3.31. The topological polar surface area (TPSA) is 44.9 Å². The Hall–Kier alpha value is -1.40. The lowest BCUT2D eigenvalue weighted by Gasteiger charge is -2.22. The molecular weight excluding hydrogens is 375 g/mol. The van der Waals surface area contributed by atoms with E-state index < -0.39 is 0 Å². The summed E-state index contributed by atoms with van der Waals surface area (Å²) >= 11 is 13.9. The van der Waals surface area contributed by atoms with Crippen molar-refractivity contribution in [3.05, 3.63) is 56.1 Å². The van der Waals surface area contributed by atoms with E-state index in [2.05, 4.69) is 16.9 Å². The third kappa shape index (κ3) is 3.22. The van der Waals surface area contributed by atoms with Gasteiger partial charge in [-0.1, -0.05) is 29.3 Å². The normalized spacial score (nSPS) is 14.8. The zero-order chi connectivity index (χ0) is 17.6. The van der Waals surface area contributed by atoms with Crippen molar-refractivity contribution < 1.29 is 0 Å². The van der Waals surface area contributed by atoms with Gasteiger partial charge in [-0.2, -0.15) is 0 Å². The van der Waals surface area contributed by atoms with Gasteiger partial charge in [0.2, 0.25) is 0 Å². The summed E-state index contributed by atoms with van der Waals surface area (Å²) in [5.41, 5.74) is 2.90. The Morgan fingerprint density at radius 2 is 2.16 bits per heavy atom. The molecule has 1 aliphatic rings. The smallest absolute Gasteiger partial charge is 0.136 e. The number of benzene rings is 1. The van der Waals surface area contributed by atoms with Gasteiger partial charge in [0.15, 0.2) is 0 Å². The van der Waals surface area contributed by atoms with Crippen molar-refractivity contribution in [3.8, 4) is 0 Å². The van der Waals surface area contributed by atoms with Gasteiger partial charge in [0.05, 0.1) is 11.7 Å². The van der Waals surface area contributed by atoms with Crippen LogP contribution in [0.4, 0.5) is 0 Å². The lowest BCUT2D eigenvalue weighted by molar-refractivity contribution is 0.318. The maximum absolute atomic E-state index is 8.66. The molecule has 0 amide bonds. The van der Waals surface area contributed by atoms with Gasteiger partial charge in [-0.3, -0.25) is 5.41 Å². The monoisotopic (exact) mass is 392 g/mol. The van der Waals surface area contributed by atoms with Crippen molar-refractivity contribution in [1.29, 1.82) is 5.41 Å². The maximum Gasteiger partial charge on any atom is 0.136 e. The molecule has 4 rings (SSSR count). The zero-order valence-electron chi connectivity index (χ0n) is 13.9.